The molecule has 0 unspecified atom stereocenters. The van der Waals surface area contributed by atoms with Crippen LogP contribution in [0, 0.1) is 0 Å². The normalized spacial score (nSPS) is 0. The molecule has 4 heavy (non-hydrogen) atoms. The zero-order chi connectivity index (χ0) is 0. The predicted molar refractivity (Wildman–Crippen MR) is 7.13 cm³/mol. The summed E-state index contributed by atoms with van der Waals surface area (Å²) >= 11 is 0. The molecular formula is HgO2Sr. The first-order valence-corrected chi connectivity index (χ1v) is 0. The van der Waals surface area contributed by atoms with Gasteiger partial charge in [0, 0.05) is 0 Å². The van der Waals surface area contributed by atoms with Crippen LogP contribution >= 0.6 is 0 Å². The van der Waals surface area contributed by atoms with Crippen molar-refractivity contribution in [3.05, 3.63) is 0 Å². The van der Waals surface area contributed by atoms with Crippen molar-refractivity contribution < 1.29 is 38.6 Å². The van der Waals surface area contributed by atoms with Crippen molar-refractivity contribution in [2.45, 2.75) is 0 Å². The Bertz CT molecular complexity index is 6.00. The van der Waals surface area contributed by atoms with Crippen molar-refractivity contribution in [1.29, 1.82) is 0 Å². The molecule has 0 aromatic carbocycles. The second-order valence-corrected chi connectivity index (χ2v) is 0. The van der Waals surface area contributed by atoms with E-state index in [1.54, 1.807) is 0 Å². The minimum atomic E-state index is 0. The van der Waals surface area contributed by atoms with Gasteiger partial charge in [0.25, 0.3) is 0 Å². The number of hydrogen-bond acceptors (Lipinski definition) is 0. The van der Waals surface area contributed by atoms with Crippen LogP contribution in [0.25, 0.3) is 0 Å². The van der Waals surface area contributed by atoms with Gasteiger partial charge in [-0.2, -0.15) is 0 Å². The summed E-state index contributed by atoms with van der Waals surface area (Å²) in [6.07, 6.45) is 0. The van der Waals surface area contributed by atoms with Crippen LogP contribution in [0.1, 0.15) is 0 Å². The maximum absolute atomic E-state index is 0. The molecule has 16 valence electrons. The molecule has 0 aliphatic carbocycles. The minimum Gasteiger partial charge on any atom is -2.00 e. The fourth-order valence-corrected chi connectivity index (χ4v) is 0. The molecule has 0 bridgehead atoms. The van der Waals surface area contributed by atoms with Gasteiger partial charge in [-0.3, -0.25) is 0 Å². The third-order valence-corrected chi connectivity index (χ3v) is 0. The molecule has 0 amide bonds. The van der Waals surface area contributed by atoms with E-state index >= 15 is 0 Å². The Hall–Kier alpha value is 2.34. The molecule has 0 saturated heterocycles. The van der Waals surface area contributed by atoms with Gasteiger partial charge in [-0.15, -0.1) is 0 Å². The van der Waals surface area contributed by atoms with Crippen molar-refractivity contribution in [2.75, 3.05) is 0 Å². The molecular weight excluding hydrogens is 320 g/mol. The largest absolute Gasteiger partial charge is 2.00 e. The van der Waals surface area contributed by atoms with E-state index in [1.165, 1.54) is 0 Å². The molecule has 0 atom stereocenters. The second kappa shape index (κ2) is 18.4. The van der Waals surface area contributed by atoms with Gasteiger partial charge in [-0.1, -0.05) is 0 Å². The van der Waals surface area contributed by atoms with E-state index < -0.39 is 0 Å². The quantitative estimate of drug-likeness (QED) is 0.534. The molecule has 0 N–H and O–H groups in total. The Morgan fingerprint density at radius 2 is 0.750 bits per heavy atom. The third kappa shape index (κ3) is 8.84. The Morgan fingerprint density at radius 3 is 0.750 bits per heavy atom. The van der Waals surface area contributed by atoms with E-state index in [0.29, 0.717) is 0 Å². The number of hydrogen-bond donors (Lipinski definition) is 0. The molecule has 0 saturated carbocycles. The summed E-state index contributed by atoms with van der Waals surface area (Å²) in [5.41, 5.74) is 0. The molecule has 0 fully saturated rings. The number of rotatable bonds is 0. The second-order valence-electron chi connectivity index (χ2n) is 0. The summed E-state index contributed by atoms with van der Waals surface area (Å²) in [6, 6.07) is 0. The van der Waals surface area contributed by atoms with Crippen molar-refractivity contribution >= 4 is 45.5 Å². The summed E-state index contributed by atoms with van der Waals surface area (Å²) in [7, 11) is 0. The molecule has 0 aliphatic rings. The molecule has 4 heteroatoms. The van der Waals surface area contributed by atoms with Crippen LogP contribution in [-0.4, -0.2) is 45.5 Å². The van der Waals surface area contributed by atoms with Crippen LogP contribution < -0.4 is 0 Å². The predicted octanol–water partition coefficient (Wildman–Crippen LogP) is -0.621. The Labute approximate surface area is 82.3 Å². The van der Waals surface area contributed by atoms with Crippen LogP contribution in [-0.2, 0) is 38.6 Å². The van der Waals surface area contributed by atoms with Gasteiger partial charge in [0.15, 0.2) is 0 Å². The average molecular weight is 320 g/mol. The standard InChI is InChI=1S/Hg.2O.Sr/q+2;2*-2;+2. The fourth-order valence-electron chi connectivity index (χ4n) is 0. The average Bonchev–Trinajstić information content (AvgIpc) is 0. The molecule has 0 radical (unpaired) electrons. The van der Waals surface area contributed by atoms with Gasteiger partial charge < -0.3 is 11.0 Å². The fraction of sp³-hybridized carbons (Fsp3) is 0. The van der Waals surface area contributed by atoms with Crippen molar-refractivity contribution in [1.82, 2.24) is 0 Å². The van der Waals surface area contributed by atoms with Gasteiger partial charge in [-0.05, 0) is 0 Å². The molecule has 0 spiro atoms. The van der Waals surface area contributed by atoms with Crippen LogP contribution in [0.5, 0.6) is 0 Å². The molecule has 0 rings (SSSR count). The molecule has 0 aromatic rings. The summed E-state index contributed by atoms with van der Waals surface area (Å²) in [6.45, 7) is 0. The van der Waals surface area contributed by atoms with Gasteiger partial charge in [0.05, 0.1) is 0 Å². The Morgan fingerprint density at radius 1 is 0.750 bits per heavy atom. The molecule has 0 aromatic heterocycles. The molecule has 0 heterocycles. The zero-order valence-corrected chi connectivity index (χ0v) is 11.2. The third-order valence-electron chi connectivity index (χ3n) is 0. The van der Waals surface area contributed by atoms with Crippen molar-refractivity contribution in [2.24, 2.45) is 0 Å². The van der Waals surface area contributed by atoms with Gasteiger partial charge in [0.2, 0.25) is 0 Å². The van der Waals surface area contributed by atoms with Crippen LogP contribution in [0.15, 0.2) is 0 Å². The van der Waals surface area contributed by atoms with E-state index in [4.69, 9.17) is 0 Å². The summed E-state index contributed by atoms with van der Waals surface area (Å²) < 4.78 is 0. The van der Waals surface area contributed by atoms with E-state index in [-0.39, 0.29) is 84.1 Å². The molecule has 0 aliphatic heterocycles. The minimum absolute atomic E-state index is 0. The first-order valence-electron chi connectivity index (χ1n) is 0. The Kier molecular flexibility index (Phi) is 152. The first-order chi connectivity index (χ1) is 0. The first kappa shape index (κ1) is 33.1. The van der Waals surface area contributed by atoms with Crippen LogP contribution in [0.2, 0.25) is 0 Å². The monoisotopic (exact) mass is 322 g/mol. The topological polar surface area (TPSA) is 57.0 Å². The van der Waals surface area contributed by atoms with Gasteiger partial charge >= 0.3 is 73.2 Å². The van der Waals surface area contributed by atoms with E-state index in [1.807, 2.05) is 0 Å². The van der Waals surface area contributed by atoms with E-state index in [0.717, 1.165) is 0 Å². The van der Waals surface area contributed by atoms with Gasteiger partial charge in [-0.25, -0.2) is 0 Å². The van der Waals surface area contributed by atoms with E-state index in [9.17, 15) is 0 Å². The summed E-state index contributed by atoms with van der Waals surface area (Å²) in [5.74, 6) is 0. The summed E-state index contributed by atoms with van der Waals surface area (Å²) in [4.78, 5) is 0. The van der Waals surface area contributed by atoms with Crippen LogP contribution in [0.4, 0.5) is 0 Å². The summed E-state index contributed by atoms with van der Waals surface area (Å²) in [5, 5.41) is 0. The van der Waals surface area contributed by atoms with Gasteiger partial charge in [0.1, 0.15) is 0 Å². The van der Waals surface area contributed by atoms with E-state index in [2.05, 4.69) is 0 Å². The maximum Gasteiger partial charge on any atom is 2.00 e. The van der Waals surface area contributed by atoms with Crippen LogP contribution in [0.3, 0.4) is 0 Å². The Balaban J connectivity index is 0. The maximum atomic E-state index is 0. The van der Waals surface area contributed by atoms with Crippen molar-refractivity contribution in [3.63, 3.8) is 0 Å². The van der Waals surface area contributed by atoms with Crippen molar-refractivity contribution in [3.8, 4) is 0 Å². The SMILES string of the molecule is [Hg+2].[O-2].[O-2].[Sr+2]. The molecule has 2 nitrogen and oxygen atoms in total. The smallest absolute Gasteiger partial charge is 2.00 e. The zero-order valence-electron chi connectivity index (χ0n) is 2.23.